The molecule has 98 valence electrons. The highest BCUT2D eigenvalue weighted by Gasteiger charge is 2.09. The molecule has 0 aliphatic carbocycles. The van der Waals surface area contributed by atoms with E-state index in [1.807, 2.05) is 0 Å². The lowest BCUT2D eigenvalue weighted by Crippen LogP contribution is -2.21. The lowest BCUT2D eigenvalue weighted by Gasteiger charge is -2.07. The summed E-state index contributed by atoms with van der Waals surface area (Å²) in [5, 5.41) is 13.4. The molecule has 1 aromatic carbocycles. The Morgan fingerprint density at radius 1 is 1.50 bits per heavy atom. The zero-order chi connectivity index (χ0) is 13.5. The molecule has 0 atom stereocenters. The summed E-state index contributed by atoms with van der Waals surface area (Å²) < 4.78 is 17.7. The number of phenolic OH excluding ortho intramolecular Hbond substituents is 1. The van der Waals surface area contributed by atoms with E-state index in [-0.39, 0.29) is 17.9 Å². The Balaban J connectivity index is 2.91. The van der Waals surface area contributed by atoms with Gasteiger partial charge >= 0.3 is 6.09 Å². The van der Waals surface area contributed by atoms with Crippen molar-refractivity contribution in [1.82, 2.24) is 5.43 Å². The summed E-state index contributed by atoms with van der Waals surface area (Å²) in [6.45, 7) is 3.67. The van der Waals surface area contributed by atoms with Gasteiger partial charge in [-0.15, -0.1) is 0 Å². The number of benzene rings is 1. The van der Waals surface area contributed by atoms with Gasteiger partial charge in [0.15, 0.2) is 0 Å². The number of hydrogen-bond donors (Lipinski definition) is 2. The maximum atomic E-state index is 13.1. The number of hydrazone groups is 1. The number of ether oxygens (including phenoxy) is 1. The van der Waals surface area contributed by atoms with Crippen LogP contribution in [0.3, 0.4) is 0 Å². The molecule has 0 bridgehead atoms. The predicted octanol–water partition coefficient (Wildman–Crippen LogP) is 2.39. The molecule has 1 amide bonds. The zero-order valence-electron chi connectivity index (χ0n) is 10.2. The second-order valence-corrected chi connectivity index (χ2v) is 3.41. The first kappa shape index (κ1) is 14.0. The first-order valence-corrected chi connectivity index (χ1v) is 5.56. The summed E-state index contributed by atoms with van der Waals surface area (Å²) in [6.07, 6.45) is -0.275. The first-order valence-electron chi connectivity index (χ1n) is 5.56. The Labute approximate surface area is 104 Å². The van der Waals surface area contributed by atoms with E-state index in [1.165, 1.54) is 6.07 Å². The van der Waals surface area contributed by atoms with Crippen molar-refractivity contribution < 1.29 is 19.0 Å². The van der Waals surface area contributed by atoms with Crippen LogP contribution in [0.1, 0.15) is 25.8 Å². The van der Waals surface area contributed by atoms with Crippen LogP contribution in [0.2, 0.25) is 0 Å². The third-order valence-corrected chi connectivity index (χ3v) is 2.16. The third-order valence-electron chi connectivity index (χ3n) is 2.16. The molecular weight excluding hydrogens is 239 g/mol. The summed E-state index contributed by atoms with van der Waals surface area (Å²) in [6, 6.07) is 3.54. The topological polar surface area (TPSA) is 70.9 Å². The Morgan fingerprint density at radius 3 is 2.83 bits per heavy atom. The lowest BCUT2D eigenvalue weighted by atomic mass is 10.1. The van der Waals surface area contributed by atoms with Crippen LogP contribution >= 0.6 is 0 Å². The van der Waals surface area contributed by atoms with Crippen LogP contribution in [0, 0.1) is 5.82 Å². The van der Waals surface area contributed by atoms with Crippen LogP contribution in [-0.4, -0.2) is 23.5 Å². The zero-order valence-corrected chi connectivity index (χ0v) is 10.2. The molecule has 0 saturated heterocycles. The fourth-order valence-corrected chi connectivity index (χ4v) is 1.35. The van der Waals surface area contributed by atoms with Crippen molar-refractivity contribution in [2.75, 3.05) is 6.61 Å². The van der Waals surface area contributed by atoms with Gasteiger partial charge in [0, 0.05) is 5.56 Å². The normalized spacial score (nSPS) is 11.2. The summed E-state index contributed by atoms with van der Waals surface area (Å²) in [7, 11) is 0. The number of nitrogens with one attached hydrogen (secondary N) is 1. The molecule has 0 aromatic heterocycles. The van der Waals surface area contributed by atoms with Crippen molar-refractivity contribution in [1.29, 1.82) is 0 Å². The number of nitrogens with zero attached hydrogens (tertiary/aromatic N) is 1. The number of carbonyl (C=O) groups is 1. The second-order valence-electron chi connectivity index (χ2n) is 3.41. The van der Waals surface area contributed by atoms with Crippen molar-refractivity contribution in [3.63, 3.8) is 0 Å². The molecule has 6 heteroatoms. The number of amides is 1. The van der Waals surface area contributed by atoms with Crippen molar-refractivity contribution in [2.24, 2.45) is 5.10 Å². The molecule has 1 aromatic rings. The van der Waals surface area contributed by atoms with Gasteiger partial charge in [-0.05, 0) is 31.5 Å². The van der Waals surface area contributed by atoms with E-state index in [0.29, 0.717) is 12.1 Å². The fraction of sp³-hybridized carbons (Fsp3) is 0.333. The first-order chi connectivity index (χ1) is 8.58. The number of aromatic hydroxyl groups is 1. The van der Waals surface area contributed by atoms with Crippen molar-refractivity contribution in [3.8, 4) is 5.75 Å². The minimum absolute atomic E-state index is 0.0948. The molecule has 1 rings (SSSR count). The van der Waals surface area contributed by atoms with Gasteiger partial charge in [-0.25, -0.2) is 14.6 Å². The van der Waals surface area contributed by atoms with Gasteiger partial charge in [0.25, 0.3) is 0 Å². The van der Waals surface area contributed by atoms with Gasteiger partial charge in [0.05, 0.1) is 12.3 Å². The predicted molar refractivity (Wildman–Crippen MR) is 65.1 cm³/mol. The maximum absolute atomic E-state index is 13.1. The number of carbonyl (C=O) groups excluding carboxylic acids is 1. The molecule has 0 unspecified atom stereocenters. The van der Waals surface area contributed by atoms with Crippen LogP contribution in [0.25, 0.3) is 0 Å². The molecule has 0 saturated carbocycles. The summed E-state index contributed by atoms with van der Waals surface area (Å²) >= 11 is 0. The average Bonchev–Trinajstić information content (AvgIpc) is 2.34. The standard InChI is InChI=1S/C12H15FN2O3/c1-3-10(14-15-12(17)18-4-2)9-7-8(13)5-6-11(9)16/h5-7,16H,3-4H2,1-2H3,(H,15,17). The quantitative estimate of drug-likeness (QED) is 0.640. The van der Waals surface area contributed by atoms with E-state index in [4.69, 9.17) is 0 Å². The van der Waals surface area contributed by atoms with Crippen LogP contribution < -0.4 is 5.43 Å². The highest BCUT2D eigenvalue weighted by Crippen LogP contribution is 2.19. The monoisotopic (exact) mass is 254 g/mol. The smallest absolute Gasteiger partial charge is 0.427 e. The molecule has 0 aliphatic rings. The van der Waals surface area contributed by atoms with E-state index in [9.17, 15) is 14.3 Å². The van der Waals surface area contributed by atoms with E-state index >= 15 is 0 Å². The van der Waals surface area contributed by atoms with E-state index in [2.05, 4.69) is 15.3 Å². The SMILES string of the molecule is CCOC(=O)NN=C(CC)c1cc(F)ccc1O. The Hall–Kier alpha value is -2.11. The van der Waals surface area contributed by atoms with Crippen molar-refractivity contribution >= 4 is 11.8 Å². The minimum Gasteiger partial charge on any atom is -0.507 e. The molecule has 0 heterocycles. The molecular formula is C12H15FN2O3. The average molecular weight is 254 g/mol. The van der Waals surface area contributed by atoms with Gasteiger partial charge in [0.1, 0.15) is 11.6 Å². The highest BCUT2D eigenvalue weighted by atomic mass is 19.1. The summed E-state index contributed by atoms with van der Waals surface area (Å²) in [5.74, 6) is -0.581. The maximum Gasteiger partial charge on any atom is 0.427 e. The molecule has 18 heavy (non-hydrogen) atoms. The van der Waals surface area contributed by atoms with Crippen LogP contribution in [-0.2, 0) is 4.74 Å². The molecule has 0 aliphatic heterocycles. The molecule has 0 radical (unpaired) electrons. The van der Waals surface area contributed by atoms with E-state index in [0.717, 1.165) is 12.1 Å². The van der Waals surface area contributed by atoms with Gasteiger partial charge in [-0.1, -0.05) is 6.92 Å². The number of halogens is 1. The lowest BCUT2D eigenvalue weighted by molar-refractivity contribution is 0.152. The van der Waals surface area contributed by atoms with Gasteiger partial charge < -0.3 is 9.84 Å². The molecule has 2 N–H and O–H groups in total. The van der Waals surface area contributed by atoms with E-state index < -0.39 is 11.9 Å². The van der Waals surface area contributed by atoms with Gasteiger partial charge in [-0.2, -0.15) is 5.10 Å². The molecule has 5 nitrogen and oxygen atoms in total. The number of phenols is 1. The summed E-state index contributed by atoms with van der Waals surface area (Å²) in [4.78, 5) is 11.1. The number of hydrogen-bond acceptors (Lipinski definition) is 4. The van der Waals surface area contributed by atoms with Crippen LogP contribution in [0.15, 0.2) is 23.3 Å². The van der Waals surface area contributed by atoms with Crippen molar-refractivity contribution in [2.45, 2.75) is 20.3 Å². The Bertz CT molecular complexity index is 461. The van der Waals surface area contributed by atoms with E-state index in [1.54, 1.807) is 13.8 Å². The third kappa shape index (κ3) is 3.73. The number of rotatable bonds is 4. The largest absolute Gasteiger partial charge is 0.507 e. The van der Waals surface area contributed by atoms with Gasteiger partial charge in [0.2, 0.25) is 0 Å². The Morgan fingerprint density at radius 2 is 2.22 bits per heavy atom. The highest BCUT2D eigenvalue weighted by molar-refractivity contribution is 6.02. The molecule has 0 spiro atoms. The van der Waals surface area contributed by atoms with Gasteiger partial charge in [-0.3, -0.25) is 0 Å². The Kier molecular flexibility index (Phi) is 5.10. The summed E-state index contributed by atoms with van der Waals surface area (Å²) in [5.41, 5.74) is 2.78. The van der Waals surface area contributed by atoms with Crippen molar-refractivity contribution in [3.05, 3.63) is 29.6 Å². The molecule has 0 fully saturated rings. The van der Waals surface area contributed by atoms with Crippen LogP contribution in [0.5, 0.6) is 5.75 Å². The second kappa shape index (κ2) is 6.58. The van der Waals surface area contributed by atoms with Crippen LogP contribution in [0.4, 0.5) is 9.18 Å². The fourth-order valence-electron chi connectivity index (χ4n) is 1.35. The minimum atomic E-state index is -0.695.